The number of aromatic nitrogens is 2. The third-order valence-corrected chi connectivity index (χ3v) is 3.65. The van der Waals surface area contributed by atoms with Gasteiger partial charge in [-0.25, -0.2) is 18.6 Å². The molecule has 3 rings (SSSR count). The van der Waals surface area contributed by atoms with Crippen molar-refractivity contribution in [1.82, 2.24) is 9.55 Å². The molecule has 0 fully saturated rings. The van der Waals surface area contributed by atoms with Gasteiger partial charge in [0.15, 0.2) is 0 Å². The quantitative estimate of drug-likeness (QED) is 0.685. The van der Waals surface area contributed by atoms with Crippen LogP contribution in [0.3, 0.4) is 0 Å². The zero-order valence-corrected chi connectivity index (χ0v) is 13.5. The van der Waals surface area contributed by atoms with Crippen LogP contribution in [0.1, 0.15) is 23.0 Å². The minimum absolute atomic E-state index is 0.0324. The summed E-state index contributed by atoms with van der Waals surface area (Å²) >= 11 is 0. The van der Waals surface area contributed by atoms with E-state index in [0.717, 1.165) is 12.1 Å². The molecule has 1 aromatic carbocycles. The molecule has 0 saturated carbocycles. The lowest BCUT2D eigenvalue weighted by atomic mass is 10.1. The number of nitrogens with zero attached hydrogens (tertiary/aromatic N) is 2. The van der Waals surface area contributed by atoms with E-state index in [-0.39, 0.29) is 28.9 Å². The van der Waals surface area contributed by atoms with Crippen LogP contribution < -0.4 is 5.43 Å². The summed E-state index contributed by atoms with van der Waals surface area (Å²) in [5.41, 5.74) is -0.0610. The smallest absolute Gasteiger partial charge is 0.343 e. The number of hydrogen-bond acceptors (Lipinski definition) is 4. The van der Waals surface area contributed by atoms with Crippen molar-refractivity contribution < 1.29 is 18.3 Å². The van der Waals surface area contributed by atoms with Gasteiger partial charge in [-0.05, 0) is 38.1 Å². The van der Waals surface area contributed by atoms with Crippen LogP contribution in [-0.4, -0.2) is 22.1 Å². The molecule has 0 amide bonds. The molecule has 128 valence electrons. The molecule has 0 saturated heterocycles. The number of rotatable bonds is 3. The van der Waals surface area contributed by atoms with E-state index < -0.39 is 23.0 Å². The van der Waals surface area contributed by atoms with E-state index in [1.54, 1.807) is 19.9 Å². The molecule has 0 bridgehead atoms. The summed E-state index contributed by atoms with van der Waals surface area (Å²) in [6, 6.07) is 6.15. The lowest BCUT2D eigenvalue weighted by molar-refractivity contribution is 0.0524. The molecule has 0 radical (unpaired) electrons. The standard InChI is InChI=1S/C18H14F2N2O3/c1-3-25-18(24)13-9-22(15-7-5-11(19)8-14(15)20)17-12(16(13)23)6-4-10(2)21-17/h4-9H,3H2,1-2H3. The summed E-state index contributed by atoms with van der Waals surface area (Å²) in [7, 11) is 0. The van der Waals surface area contributed by atoms with Gasteiger partial charge in [-0.15, -0.1) is 0 Å². The van der Waals surface area contributed by atoms with Gasteiger partial charge in [0.05, 0.1) is 17.7 Å². The second-order valence-corrected chi connectivity index (χ2v) is 5.38. The molecule has 2 aromatic heterocycles. The summed E-state index contributed by atoms with van der Waals surface area (Å²) in [4.78, 5) is 28.9. The molecule has 25 heavy (non-hydrogen) atoms. The molecule has 3 aromatic rings. The monoisotopic (exact) mass is 344 g/mol. The maximum Gasteiger partial charge on any atom is 0.343 e. The van der Waals surface area contributed by atoms with E-state index >= 15 is 0 Å². The molecular weight excluding hydrogens is 330 g/mol. The van der Waals surface area contributed by atoms with Gasteiger partial charge in [-0.1, -0.05) is 0 Å². The maximum absolute atomic E-state index is 14.3. The Balaban J connectivity index is 2.39. The third-order valence-electron chi connectivity index (χ3n) is 3.65. The minimum atomic E-state index is -0.844. The van der Waals surface area contributed by atoms with E-state index in [9.17, 15) is 18.4 Å². The average molecular weight is 344 g/mol. The normalized spacial score (nSPS) is 10.9. The molecule has 0 aliphatic rings. The summed E-state index contributed by atoms with van der Waals surface area (Å²) in [6.45, 7) is 3.42. The minimum Gasteiger partial charge on any atom is -0.462 e. The number of benzene rings is 1. The van der Waals surface area contributed by atoms with Crippen molar-refractivity contribution in [2.75, 3.05) is 6.61 Å². The van der Waals surface area contributed by atoms with E-state index in [0.29, 0.717) is 5.69 Å². The Morgan fingerprint density at radius 1 is 1.24 bits per heavy atom. The summed E-state index contributed by atoms with van der Waals surface area (Å²) in [5.74, 6) is -2.39. The fourth-order valence-corrected chi connectivity index (χ4v) is 2.51. The van der Waals surface area contributed by atoms with Crippen LogP contribution in [0.5, 0.6) is 0 Å². The molecule has 7 heteroatoms. The van der Waals surface area contributed by atoms with Gasteiger partial charge >= 0.3 is 5.97 Å². The lowest BCUT2D eigenvalue weighted by Gasteiger charge is -2.13. The number of fused-ring (bicyclic) bond motifs is 1. The van der Waals surface area contributed by atoms with Gasteiger partial charge in [0.2, 0.25) is 5.43 Å². The predicted molar refractivity (Wildman–Crippen MR) is 87.9 cm³/mol. The molecule has 0 unspecified atom stereocenters. The number of carbonyl (C=O) groups is 1. The van der Waals surface area contributed by atoms with E-state index in [4.69, 9.17) is 4.74 Å². The molecule has 0 spiro atoms. The highest BCUT2D eigenvalue weighted by Gasteiger charge is 2.19. The highest BCUT2D eigenvalue weighted by molar-refractivity contribution is 5.93. The van der Waals surface area contributed by atoms with E-state index in [1.165, 1.54) is 22.9 Å². The average Bonchev–Trinajstić information content (AvgIpc) is 2.56. The Hall–Kier alpha value is -3.09. The summed E-state index contributed by atoms with van der Waals surface area (Å²) in [6.07, 6.45) is 1.17. The number of aryl methyl sites for hydroxylation is 1. The van der Waals surface area contributed by atoms with Gasteiger partial charge in [0, 0.05) is 18.0 Å². The first-order valence-corrected chi connectivity index (χ1v) is 7.58. The van der Waals surface area contributed by atoms with Crippen LogP contribution in [0.2, 0.25) is 0 Å². The second kappa shape index (κ2) is 6.43. The fourth-order valence-electron chi connectivity index (χ4n) is 2.51. The van der Waals surface area contributed by atoms with Crippen molar-refractivity contribution in [3.63, 3.8) is 0 Å². The molecule has 0 aliphatic heterocycles. The Labute approximate surface area is 141 Å². The van der Waals surface area contributed by atoms with Gasteiger partial charge in [-0.3, -0.25) is 9.36 Å². The van der Waals surface area contributed by atoms with Gasteiger partial charge in [-0.2, -0.15) is 0 Å². The largest absolute Gasteiger partial charge is 0.462 e. The number of ether oxygens (including phenoxy) is 1. The SMILES string of the molecule is CCOC(=O)c1cn(-c2ccc(F)cc2F)c2nc(C)ccc2c1=O. The molecular formula is C18H14F2N2O3. The molecule has 0 aliphatic carbocycles. The Kier molecular flexibility index (Phi) is 4.31. The first kappa shape index (κ1) is 16.8. The molecule has 5 nitrogen and oxygen atoms in total. The first-order chi connectivity index (χ1) is 11.9. The molecule has 0 atom stereocenters. The van der Waals surface area contributed by atoms with Gasteiger partial charge < -0.3 is 4.74 Å². The van der Waals surface area contributed by atoms with Crippen LogP contribution >= 0.6 is 0 Å². The zero-order chi connectivity index (χ0) is 18.1. The number of carbonyl (C=O) groups excluding carboxylic acids is 1. The molecule has 0 N–H and O–H groups in total. The Morgan fingerprint density at radius 2 is 2.00 bits per heavy atom. The van der Waals surface area contributed by atoms with Crippen molar-refractivity contribution in [3.05, 3.63) is 69.6 Å². The zero-order valence-electron chi connectivity index (χ0n) is 13.5. The van der Waals surface area contributed by atoms with Crippen LogP contribution in [0.25, 0.3) is 16.7 Å². The van der Waals surface area contributed by atoms with Crippen LogP contribution in [0.4, 0.5) is 8.78 Å². The third kappa shape index (κ3) is 3.00. The summed E-state index contributed by atoms with van der Waals surface area (Å²) < 4.78 is 33.6. The van der Waals surface area contributed by atoms with Crippen molar-refractivity contribution in [1.29, 1.82) is 0 Å². The Morgan fingerprint density at radius 3 is 2.68 bits per heavy atom. The van der Waals surface area contributed by atoms with Crippen molar-refractivity contribution in [2.24, 2.45) is 0 Å². The summed E-state index contributed by atoms with van der Waals surface area (Å²) in [5, 5.41) is 0.139. The first-order valence-electron chi connectivity index (χ1n) is 7.58. The van der Waals surface area contributed by atoms with Crippen molar-refractivity contribution >= 4 is 17.0 Å². The Bertz CT molecular complexity index is 1040. The van der Waals surface area contributed by atoms with Crippen LogP contribution in [0.15, 0.2) is 41.3 Å². The van der Waals surface area contributed by atoms with Gasteiger partial charge in [0.1, 0.15) is 22.8 Å². The van der Waals surface area contributed by atoms with Crippen LogP contribution in [-0.2, 0) is 4.74 Å². The van der Waals surface area contributed by atoms with E-state index in [1.807, 2.05) is 0 Å². The van der Waals surface area contributed by atoms with E-state index in [2.05, 4.69) is 4.98 Å². The van der Waals surface area contributed by atoms with Crippen molar-refractivity contribution in [2.45, 2.75) is 13.8 Å². The number of esters is 1. The fraction of sp³-hybridized carbons (Fsp3) is 0.167. The highest BCUT2D eigenvalue weighted by atomic mass is 19.1. The molecule has 2 heterocycles. The number of pyridine rings is 2. The van der Waals surface area contributed by atoms with Crippen molar-refractivity contribution in [3.8, 4) is 5.69 Å². The van der Waals surface area contributed by atoms with Crippen LogP contribution in [0, 0.1) is 18.6 Å². The predicted octanol–water partition coefficient (Wildman–Crippen LogP) is 3.15. The lowest BCUT2D eigenvalue weighted by Crippen LogP contribution is -2.21. The van der Waals surface area contributed by atoms with Gasteiger partial charge in [0.25, 0.3) is 0 Å². The topological polar surface area (TPSA) is 61.2 Å². The second-order valence-electron chi connectivity index (χ2n) is 5.38. The maximum atomic E-state index is 14.3. The number of hydrogen-bond donors (Lipinski definition) is 0. The number of halogens is 2. The highest BCUT2D eigenvalue weighted by Crippen LogP contribution is 2.20.